The predicted octanol–water partition coefficient (Wildman–Crippen LogP) is 15.6. The van der Waals surface area contributed by atoms with E-state index in [0.717, 1.165) is 184 Å². The van der Waals surface area contributed by atoms with E-state index >= 15 is 0 Å². The fourth-order valence-corrected chi connectivity index (χ4v) is 16.6. The molecule has 0 bridgehead atoms. The molecule has 662 valence electrons. The maximum absolute atomic E-state index is 12.6. The third-order valence-corrected chi connectivity index (χ3v) is 24.0. The van der Waals surface area contributed by atoms with Crippen LogP contribution in [0.3, 0.4) is 0 Å². The van der Waals surface area contributed by atoms with Crippen molar-refractivity contribution < 1.29 is 53.1 Å². The minimum absolute atomic E-state index is 0.00686. The predicted molar refractivity (Wildman–Crippen MR) is 474 cm³/mol. The lowest BCUT2D eigenvalue weighted by Crippen LogP contribution is -2.40. The van der Waals surface area contributed by atoms with Crippen molar-refractivity contribution in [3.05, 3.63) is 235 Å². The summed E-state index contributed by atoms with van der Waals surface area (Å²) in [6, 6.07) is 29.4. The van der Waals surface area contributed by atoms with Crippen LogP contribution in [-0.2, 0) is 124 Å². The van der Waals surface area contributed by atoms with Crippen molar-refractivity contribution >= 4 is 23.9 Å². The Morgan fingerprint density at radius 1 is 0.431 bits per heavy atom. The first-order valence-electron chi connectivity index (χ1n) is 43.5. The van der Waals surface area contributed by atoms with E-state index in [0.29, 0.717) is 12.8 Å². The van der Waals surface area contributed by atoms with Crippen LogP contribution < -0.4 is 9.47 Å². The van der Waals surface area contributed by atoms with Crippen molar-refractivity contribution in [1.29, 1.82) is 0 Å². The Hall–Kier alpha value is -10.9. The van der Waals surface area contributed by atoms with Gasteiger partial charge in [0, 0.05) is 126 Å². The Morgan fingerprint density at radius 2 is 0.724 bits per heavy atom. The van der Waals surface area contributed by atoms with Gasteiger partial charge in [0.2, 0.25) is 0 Å². The Morgan fingerprint density at radius 3 is 1.01 bits per heavy atom. The summed E-state index contributed by atoms with van der Waals surface area (Å²) in [4.78, 5) is 62.3. The molecule has 8 heterocycles. The standard InChI is InChI=1S/C29H39N5O3.C28H37N5O3.C20H29N3O2.C19H27N3O3/c1-7-34-18-25(31-32-34)10-11-26(21(3)28(35)36-6)22-9-8-20(2)23(14-22)16-33-17-24-15-30-13-12-27(24)37-29(4,5)19-33;1-6-33-17-24(30-31-33)9-10-25(20(3)27(34)35)21-8-7-19(2)22(13-21)15-32-16-23-14-29-12-11-26(23)36-28(4,5)18-32;1-6-16-12-17(9-8-14(16)3)19(15(4)20(24)25-5)11-10-18-13-23(7-2)22-21-18;1-5-22-11-17(20-21-22)8-9-18(14(3)19(24)25-4)15-7-6-13(2)16(10-15)12-23/h8-9,12-15,18,21,26H,7,10-11,16-17,19H2,1-6H3;7-8,11-14,17,20,25H,6,9-10,15-16,18H2,1-5H3,(H,34,35);8-9,12-13,15,19H,6-7,10-11H2,1-5H3;6-7,10-11,14,18,23H,5,8-9,12H2,1-4H3. The van der Waals surface area contributed by atoms with Crippen molar-refractivity contribution in [2.45, 2.75) is 269 Å². The van der Waals surface area contributed by atoms with Crippen LogP contribution in [0.1, 0.15) is 240 Å². The number of nitrogens with zero attached hydrogens (tertiary/aromatic N) is 16. The molecule has 2 aliphatic rings. The highest BCUT2D eigenvalue weighted by Gasteiger charge is 2.35. The largest absolute Gasteiger partial charge is 0.486 e. The minimum atomic E-state index is -0.783. The van der Waals surface area contributed by atoms with Gasteiger partial charge in [0.15, 0.2) is 0 Å². The second-order valence-electron chi connectivity index (χ2n) is 34.1. The summed E-state index contributed by atoms with van der Waals surface area (Å²) in [5.74, 6) is -0.859. The zero-order valence-corrected chi connectivity index (χ0v) is 76.2. The molecule has 4 aromatic carbocycles. The normalized spacial score (nSPS) is 15.5. The van der Waals surface area contributed by atoms with Gasteiger partial charge < -0.3 is 33.9 Å². The Kier molecular flexibility index (Phi) is 35.5. The topological polar surface area (TPSA) is 310 Å². The van der Waals surface area contributed by atoms with Crippen molar-refractivity contribution in [2.24, 2.45) is 23.7 Å². The molecule has 0 spiro atoms. The Bertz CT molecular complexity index is 4950. The SMILES string of the molecule is CCc1cc(C(CCc2cn(CC)nn2)C(C)C(=O)OC)ccc1C.CCn1cc(CCC(c2ccc(C)c(CN3Cc4cnccc4OC(C)(C)C3)c2)C(C)C(=O)O)nn1.CCn1cc(CCC(c2ccc(C)c(CN3Cc4cnccc4OC(C)(C)C3)c2)C(C)C(=O)OC)nn1.CCn1cc(CCC(c2ccc(C)c(CO)c2)C(C)C(=O)OC)nn1. The van der Waals surface area contributed by atoms with Gasteiger partial charge in [-0.15, -0.1) is 20.4 Å². The summed E-state index contributed by atoms with van der Waals surface area (Å²) < 4.78 is 34.9. The lowest BCUT2D eigenvalue weighted by Gasteiger charge is -2.30. The number of aromatic nitrogens is 14. The van der Waals surface area contributed by atoms with E-state index in [2.05, 4.69) is 171 Å². The monoisotopic (exact) mass is 1690 g/mol. The molecular weight excluding hydrogens is 1550 g/mol. The highest BCUT2D eigenvalue weighted by atomic mass is 16.5. The number of esters is 3. The minimum Gasteiger partial charge on any atom is -0.486 e. The number of carboxylic acid groups (broad SMARTS) is 1. The number of carbonyl (C=O) groups is 4. The van der Waals surface area contributed by atoms with Gasteiger partial charge in [-0.3, -0.25) is 57.7 Å². The highest BCUT2D eigenvalue weighted by molar-refractivity contribution is 5.74. The zero-order valence-electron chi connectivity index (χ0n) is 76.2. The van der Waals surface area contributed by atoms with Crippen LogP contribution in [0.4, 0.5) is 0 Å². The van der Waals surface area contributed by atoms with E-state index in [4.69, 9.17) is 23.7 Å². The molecule has 0 saturated carbocycles. The second-order valence-corrected chi connectivity index (χ2v) is 34.1. The van der Waals surface area contributed by atoms with Crippen molar-refractivity contribution in [1.82, 2.24) is 79.7 Å². The van der Waals surface area contributed by atoms with Crippen LogP contribution in [0.25, 0.3) is 0 Å². The van der Waals surface area contributed by atoms with Gasteiger partial charge in [0.05, 0.1) is 74.4 Å². The average Bonchev–Trinajstić information content (AvgIpc) is 1.78. The number of rotatable bonds is 34. The molecule has 0 amide bonds. The molecule has 27 nitrogen and oxygen atoms in total. The first-order chi connectivity index (χ1) is 58.8. The fraction of sp³-hybridized carbons (Fsp3) is 0.521. The molecule has 123 heavy (non-hydrogen) atoms. The lowest BCUT2D eigenvalue weighted by atomic mass is 9.82. The smallest absolute Gasteiger partial charge is 0.308 e. The molecule has 6 aromatic heterocycles. The number of pyridine rings is 2. The summed E-state index contributed by atoms with van der Waals surface area (Å²) >= 11 is 0. The van der Waals surface area contributed by atoms with E-state index in [9.17, 15) is 29.4 Å². The van der Waals surface area contributed by atoms with Crippen LogP contribution in [0.2, 0.25) is 0 Å². The van der Waals surface area contributed by atoms with Gasteiger partial charge in [-0.1, -0.05) is 128 Å². The number of ether oxygens (including phenoxy) is 5. The third kappa shape index (κ3) is 27.1. The van der Waals surface area contributed by atoms with E-state index < -0.39 is 11.9 Å². The number of aryl methyl sites for hydroxylation is 13. The third-order valence-electron chi connectivity index (χ3n) is 24.0. The number of carboxylic acids is 1. The van der Waals surface area contributed by atoms with Crippen LogP contribution in [0.5, 0.6) is 11.5 Å². The second kappa shape index (κ2) is 45.5. The maximum atomic E-state index is 12.6. The molecule has 27 heteroatoms. The number of hydrogen-bond donors (Lipinski definition) is 2. The van der Waals surface area contributed by atoms with Crippen LogP contribution in [-0.4, -0.2) is 159 Å². The Labute approximate surface area is 727 Å². The first kappa shape index (κ1) is 95.9. The van der Waals surface area contributed by atoms with Crippen LogP contribution in [0, 0.1) is 51.4 Å². The van der Waals surface area contributed by atoms with Gasteiger partial charge in [-0.25, -0.2) is 0 Å². The number of fused-ring (bicyclic) bond motifs is 2. The molecule has 0 saturated heterocycles. The van der Waals surface area contributed by atoms with Gasteiger partial charge in [0.1, 0.15) is 22.7 Å². The zero-order chi connectivity index (χ0) is 89.2. The Balaban J connectivity index is 0.000000189. The molecule has 2 aliphatic heterocycles. The lowest BCUT2D eigenvalue weighted by molar-refractivity contribution is -0.146. The molecule has 0 fully saturated rings. The summed E-state index contributed by atoms with van der Waals surface area (Å²) in [5.41, 5.74) is 19.1. The van der Waals surface area contributed by atoms with E-state index in [1.807, 2.05) is 132 Å². The van der Waals surface area contributed by atoms with E-state index in [1.165, 1.54) is 60.3 Å². The summed E-state index contributed by atoms with van der Waals surface area (Å²) in [6.45, 7) is 42.5. The molecule has 8 atom stereocenters. The van der Waals surface area contributed by atoms with Crippen molar-refractivity contribution in [3.63, 3.8) is 0 Å². The maximum Gasteiger partial charge on any atom is 0.308 e. The number of aliphatic hydroxyl groups excluding tert-OH is 1. The highest BCUT2D eigenvalue weighted by Crippen LogP contribution is 2.39. The molecular formula is C96H132N16O11. The van der Waals surface area contributed by atoms with Gasteiger partial charge in [-0.2, -0.15) is 0 Å². The molecule has 0 radical (unpaired) electrons. The van der Waals surface area contributed by atoms with Gasteiger partial charge in [-0.05, 0) is 243 Å². The van der Waals surface area contributed by atoms with Crippen LogP contribution in [0.15, 0.2) is 135 Å². The summed E-state index contributed by atoms with van der Waals surface area (Å²) in [5, 5.41) is 52.8. The molecule has 0 aliphatic carbocycles. The number of hydrogen-bond acceptors (Lipinski definition) is 22. The molecule has 12 rings (SSSR count). The van der Waals surface area contributed by atoms with Crippen LogP contribution >= 0.6 is 0 Å². The summed E-state index contributed by atoms with van der Waals surface area (Å²) in [6.07, 6.45) is 22.2. The summed E-state index contributed by atoms with van der Waals surface area (Å²) in [7, 11) is 4.32. The van der Waals surface area contributed by atoms with Gasteiger partial charge in [0.25, 0.3) is 0 Å². The number of aliphatic carboxylic acids is 1. The average molecular weight is 1690 g/mol. The number of methoxy groups -OCH3 is 3. The molecule has 8 unspecified atom stereocenters. The first-order valence-corrected chi connectivity index (χ1v) is 43.5. The number of benzene rings is 4. The molecule has 2 N–H and O–H groups in total. The van der Waals surface area contributed by atoms with Crippen molar-refractivity contribution in [2.75, 3.05) is 34.4 Å². The van der Waals surface area contributed by atoms with Crippen molar-refractivity contribution in [3.8, 4) is 11.5 Å². The fourth-order valence-electron chi connectivity index (χ4n) is 16.6. The number of aliphatic hydroxyl groups is 1. The van der Waals surface area contributed by atoms with E-state index in [1.54, 1.807) is 28.7 Å². The quantitative estimate of drug-likeness (QED) is 0.0279. The van der Waals surface area contributed by atoms with Gasteiger partial charge >= 0.3 is 23.9 Å². The van der Waals surface area contributed by atoms with E-state index in [-0.39, 0.29) is 77.1 Å². The molecule has 10 aromatic rings. The number of carbonyl (C=O) groups excluding carboxylic acids is 3.